The molecule has 0 spiro atoms. The molecule has 0 aromatic heterocycles. The van der Waals surface area contributed by atoms with Crippen molar-refractivity contribution >= 4 is 0 Å². The average molecular weight is 183 g/mol. The van der Waals surface area contributed by atoms with Crippen molar-refractivity contribution in [3.63, 3.8) is 0 Å². The molecule has 0 amide bonds. The van der Waals surface area contributed by atoms with Gasteiger partial charge in [0.1, 0.15) is 0 Å². The van der Waals surface area contributed by atoms with E-state index in [4.69, 9.17) is 0 Å². The van der Waals surface area contributed by atoms with Crippen LogP contribution >= 0.6 is 0 Å². The minimum Gasteiger partial charge on any atom is -0.313 e. The maximum atomic E-state index is 3.67. The first-order valence-electron chi connectivity index (χ1n) is 6.03. The summed E-state index contributed by atoms with van der Waals surface area (Å²) in [6, 6.07) is 0.816. The fraction of sp³-hybridized carbons (Fsp3) is 1.00. The van der Waals surface area contributed by atoms with Gasteiger partial charge in [0, 0.05) is 6.04 Å². The summed E-state index contributed by atoms with van der Waals surface area (Å²) in [6.45, 7) is 8.28. The van der Waals surface area contributed by atoms with Crippen LogP contribution in [0.3, 0.4) is 0 Å². The molecule has 1 aliphatic heterocycles. The molecule has 0 aliphatic carbocycles. The lowest BCUT2D eigenvalue weighted by atomic mass is 9.85. The van der Waals surface area contributed by atoms with Gasteiger partial charge >= 0.3 is 0 Å². The molecule has 0 radical (unpaired) electrons. The van der Waals surface area contributed by atoms with Gasteiger partial charge in [-0.05, 0) is 31.2 Å². The van der Waals surface area contributed by atoms with Crippen molar-refractivity contribution in [2.45, 2.75) is 58.9 Å². The Morgan fingerprint density at radius 3 is 2.62 bits per heavy atom. The SMILES string of the molecule is CCCCC(CC)C1NCCC1C. The van der Waals surface area contributed by atoms with Crippen molar-refractivity contribution in [2.24, 2.45) is 11.8 Å². The van der Waals surface area contributed by atoms with Gasteiger partial charge in [0.15, 0.2) is 0 Å². The number of nitrogens with one attached hydrogen (secondary N) is 1. The minimum atomic E-state index is 0.816. The van der Waals surface area contributed by atoms with Crippen LogP contribution in [0.5, 0.6) is 0 Å². The molecule has 1 saturated heterocycles. The number of unbranched alkanes of at least 4 members (excludes halogenated alkanes) is 1. The zero-order chi connectivity index (χ0) is 9.68. The fourth-order valence-corrected chi connectivity index (χ4v) is 2.59. The van der Waals surface area contributed by atoms with E-state index in [1.54, 1.807) is 0 Å². The molecule has 1 N–H and O–H groups in total. The van der Waals surface area contributed by atoms with Crippen molar-refractivity contribution < 1.29 is 0 Å². The van der Waals surface area contributed by atoms with Gasteiger partial charge in [0.05, 0.1) is 0 Å². The molecule has 0 aromatic carbocycles. The smallest absolute Gasteiger partial charge is 0.0121 e. The van der Waals surface area contributed by atoms with Crippen LogP contribution in [0.2, 0.25) is 0 Å². The second-order valence-electron chi connectivity index (χ2n) is 4.56. The van der Waals surface area contributed by atoms with E-state index >= 15 is 0 Å². The first-order chi connectivity index (χ1) is 6.29. The summed E-state index contributed by atoms with van der Waals surface area (Å²) in [6.07, 6.45) is 6.91. The molecule has 0 bridgehead atoms. The van der Waals surface area contributed by atoms with Gasteiger partial charge in [-0.2, -0.15) is 0 Å². The van der Waals surface area contributed by atoms with Gasteiger partial charge in [-0.25, -0.2) is 0 Å². The number of hydrogen-bond acceptors (Lipinski definition) is 1. The monoisotopic (exact) mass is 183 g/mol. The van der Waals surface area contributed by atoms with E-state index in [9.17, 15) is 0 Å². The van der Waals surface area contributed by atoms with Gasteiger partial charge in [-0.3, -0.25) is 0 Å². The van der Waals surface area contributed by atoms with Crippen LogP contribution < -0.4 is 5.32 Å². The lowest BCUT2D eigenvalue weighted by Gasteiger charge is -2.25. The third-order valence-corrected chi connectivity index (χ3v) is 3.55. The number of rotatable bonds is 5. The van der Waals surface area contributed by atoms with Gasteiger partial charge in [0.25, 0.3) is 0 Å². The molecular formula is C12H25N. The maximum Gasteiger partial charge on any atom is 0.0121 e. The average Bonchev–Trinajstić information content (AvgIpc) is 2.54. The fourth-order valence-electron chi connectivity index (χ4n) is 2.59. The summed E-state index contributed by atoms with van der Waals surface area (Å²) in [5.74, 6) is 1.83. The van der Waals surface area contributed by atoms with Crippen LogP contribution in [-0.2, 0) is 0 Å². The molecule has 3 atom stereocenters. The van der Waals surface area contributed by atoms with Crippen molar-refractivity contribution in [1.29, 1.82) is 0 Å². The largest absolute Gasteiger partial charge is 0.313 e. The van der Waals surface area contributed by atoms with Crippen LogP contribution in [0.4, 0.5) is 0 Å². The molecule has 1 heteroatoms. The normalized spacial score (nSPS) is 30.7. The molecule has 13 heavy (non-hydrogen) atoms. The summed E-state index contributed by atoms with van der Waals surface area (Å²) in [5.41, 5.74) is 0. The molecule has 1 aliphatic rings. The second kappa shape index (κ2) is 5.64. The van der Waals surface area contributed by atoms with Crippen LogP contribution in [0.15, 0.2) is 0 Å². The Morgan fingerprint density at radius 1 is 1.38 bits per heavy atom. The Balaban J connectivity index is 2.35. The molecule has 0 aromatic rings. The predicted molar refractivity (Wildman–Crippen MR) is 58.9 cm³/mol. The molecule has 1 fully saturated rings. The van der Waals surface area contributed by atoms with Gasteiger partial charge in [-0.1, -0.05) is 40.0 Å². The standard InChI is InChI=1S/C12H25N/c1-4-6-7-11(5-2)12-10(3)8-9-13-12/h10-13H,4-9H2,1-3H3. The lowest BCUT2D eigenvalue weighted by Crippen LogP contribution is -2.34. The van der Waals surface area contributed by atoms with E-state index in [-0.39, 0.29) is 0 Å². The minimum absolute atomic E-state index is 0.816. The quantitative estimate of drug-likeness (QED) is 0.690. The third kappa shape index (κ3) is 2.98. The zero-order valence-electron chi connectivity index (χ0n) is 9.47. The molecule has 1 nitrogen and oxygen atoms in total. The summed E-state index contributed by atoms with van der Waals surface area (Å²) >= 11 is 0. The van der Waals surface area contributed by atoms with E-state index < -0.39 is 0 Å². The highest BCUT2D eigenvalue weighted by atomic mass is 15.0. The second-order valence-corrected chi connectivity index (χ2v) is 4.56. The van der Waals surface area contributed by atoms with Crippen molar-refractivity contribution in [3.8, 4) is 0 Å². The Labute approximate surface area is 83.3 Å². The maximum absolute atomic E-state index is 3.67. The highest BCUT2D eigenvalue weighted by molar-refractivity contribution is 4.85. The molecule has 78 valence electrons. The first kappa shape index (κ1) is 11.0. The Bertz CT molecular complexity index is 133. The van der Waals surface area contributed by atoms with Crippen LogP contribution in [0, 0.1) is 11.8 Å². The van der Waals surface area contributed by atoms with E-state index in [1.165, 1.54) is 38.6 Å². The topological polar surface area (TPSA) is 12.0 Å². The highest BCUT2D eigenvalue weighted by Gasteiger charge is 2.28. The van der Waals surface area contributed by atoms with E-state index in [0.29, 0.717) is 0 Å². The zero-order valence-corrected chi connectivity index (χ0v) is 9.47. The molecule has 1 rings (SSSR count). The van der Waals surface area contributed by atoms with Crippen molar-refractivity contribution in [2.75, 3.05) is 6.54 Å². The Hall–Kier alpha value is -0.0400. The third-order valence-electron chi connectivity index (χ3n) is 3.55. The lowest BCUT2D eigenvalue weighted by molar-refractivity contribution is 0.298. The van der Waals surface area contributed by atoms with Crippen molar-refractivity contribution in [1.82, 2.24) is 5.32 Å². The van der Waals surface area contributed by atoms with E-state index in [2.05, 4.69) is 26.1 Å². The van der Waals surface area contributed by atoms with Crippen molar-refractivity contribution in [3.05, 3.63) is 0 Å². The van der Waals surface area contributed by atoms with Crippen LogP contribution in [-0.4, -0.2) is 12.6 Å². The highest BCUT2D eigenvalue weighted by Crippen LogP contribution is 2.27. The Kier molecular flexibility index (Phi) is 4.79. The van der Waals surface area contributed by atoms with Gasteiger partial charge in [-0.15, -0.1) is 0 Å². The molecule has 3 unspecified atom stereocenters. The molecule has 0 saturated carbocycles. The Morgan fingerprint density at radius 2 is 2.15 bits per heavy atom. The summed E-state index contributed by atoms with van der Waals surface area (Å²) in [4.78, 5) is 0. The van der Waals surface area contributed by atoms with Crippen LogP contribution in [0.1, 0.15) is 52.9 Å². The molecular weight excluding hydrogens is 158 g/mol. The predicted octanol–water partition coefficient (Wildman–Crippen LogP) is 3.20. The first-order valence-corrected chi connectivity index (χ1v) is 6.03. The van der Waals surface area contributed by atoms with E-state index in [0.717, 1.165) is 17.9 Å². The number of hydrogen-bond donors (Lipinski definition) is 1. The summed E-state index contributed by atoms with van der Waals surface area (Å²) in [5, 5.41) is 3.67. The summed E-state index contributed by atoms with van der Waals surface area (Å²) < 4.78 is 0. The van der Waals surface area contributed by atoms with Gasteiger partial charge < -0.3 is 5.32 Å². The molecule has 1 heterocycles. The van der Waals surface area contributed by atoms with E-state index in [1.807, 2.05) is 0 Å². The van der Waals surface area contributed by atoms with Gasteiger partial charge in [0.2, 0.25) is 0 Å². The summed E-state index contributed by atoms with van der Waals surface area (Å²) in [7, 11) is 0. The van der Waals surface area contributed by atoms with Crippen LogP contribution in [0.25, 0.3) is 0 Å².